The molecule has 5 rings (SSSR count). The molecule has 45 heavy (non-hydrogen) atoms. The van der Waals surface area contributed by atoms with Crippen LogP contribution in [-0.2, 0) is 22.5 Å². The number of benzene rings is 2. The summed E-state index contributed by atoms with van der Waals surface area (Å²) in [6.07, 6.45) is 6.04. The lowest BCUT2D eigenvalue weighted by atomic mass is 10.0. The van der Waals surface area contributed by atoms with Crippen molar-refractivity contribution in [1.82, 2.24) is 14.7 Å². The molecule has 0 aromatic heterocycles. The van der Waals surface area contributed by atoms with Gasteiger partial charge in [0.25, 0.3) is 0 Å². The Balaban J connectivity index is 1.24. The molecular formula is C35H50N4O6. The van der Waals surface area contributed by atoms with Crippen molar-refractivity contribution in [3.05, 3.63) is 47.5 Å². The molecule has 10 nitrogen and oxygen atoms in total. The molecule has 3 aliphatic rings. The first-order chi connectivity index (χ1) is 21.7. The Morgan fingerprint density at radius 1 is 1.00 bits per heavy atom. The van der Waals surface area contributed by atoms with E-state index in [0.29, 0.717) is 63.1 Å². The maximum Gasteiger partial charge on any atom is 0.325 e. The highest BCUT2D eigenvalue weighted by atomic mass is 16.5. The number of ether oxygens (including phenoxy) is 4. The highest BCUT2D eigenvalue weighted by molar-refractivity contribution is 5.93. The Labute approximate surface area is 268 Å². The largest absolute Gasteiger partial charge is 0.496 e. The second-order valence-corrected chi connectivity index (χ2v) is 12.9. The molecule has 0 radical (unpaired) electrons. The van der Waals surface area contributed by atoms with Gasteiger partial charge in [-0.15, -0.1) is 0 Å². The van der Waals surface area contributed by atoms with Gasteiger partial charge < -0.3 is 33.6 Å². The Kier molecular flexibility index (Phi) is 11.1. The maximum absolute atomic E-state index is 13.9. The van der Waals surface area contributed by atoms with E-state index in [1.54, 1.807) is 14.2 Å². The molecule has 0 bridgehead atoms. The summed E-state index contributed by atoms with van der Waals surface area (Å²) < 4.78 is 23.3. The minimum atomic E-state index is -0.0560. The van der Waals surface area contributed by atoms with E-state index < -0.39 is 0 Å². The number of morpholine rings is 1. The Hall–Kier alpha value is -3.50. The van der Waals surface area contributed by atoms with Crippen molar-refractivity contribution < 1.29 is 28.5 Å². The third-order valence-corrected chi connectivity index (χ3v) is 9.06. The first kappa shape index (κ1) is 32.9. The molecule has 1 aliphatic carbocycles. The molecule has 3 fully saturated rings. The summed E-state index contributed by atoms with van der Waals surface area (Å²) in [6.45, 7) is 6.29. The number of anilines is 1. The van der Waals surface area contributed by atoms with Crippen molar-refractivity contribution >= 4 is 17.6 Å². The quantitative estimate of drug-likeness (QED) is 0.279. The van der Waals surface area contributed by atoms with E-state index in [4.69, 9.17) is 18.9 Å². The van der Waals surface area contributed by atoms with Crippen molar-refractivity contribution in [2.24, 2.45) is 5.92 Å². The molecule has 2 saturated heterocycles. The molecule has 2 aliphatic heterocycles. The molecule has 2 aromatic carbocycles. The topological polar surface area (TPSA) is 84.0 Å². The minimum Gasteiger partial charge on any atom is -0.496 e. The van der Waals surface area contributed by atoms with Gasteiger partial charge in [-0.25, -0.2) is 4.79 Å². The van der Waals surface area contributed by atoms with Crippen molar-refractivity contribution in [3.8, 4) is 17.2 Å². The molecule has 10 heteroatoms. The monoisotopic (exact) mass is 622 g/mol. The summed E-state index contributed by atoms with van der Waals surface area (Å²) in [5.74, 6) is 2.97. The number of methoxy groups -OCH3 is 2. The van der Waals surface area contributed by atoms with Gasteiger partial charge in [0.15, 0.2) is 11.5 Å². The second kappa shape index (κ2) is 15.2. The minimum absolute atomic E-state index is 0.0206. The van der Waals surface area contributed by atoms with Crippen LogP contribution in [0.3, 0.4) is 0 Å². The lowest BCUT2D eigenvalue weighted by Crippen LogP contribution is -2.53. The van der Waals surface area contributed by atoms with Gasteiger partial charge in [0.1, 0.15) is 5.75 Å². The smallest absolute Gasteiger partial charge is 0.325 e. The number of carbonyl (C=O) groups is 2. The number of likely N-dealkylation sites (N-methyl/N-ethyl adjacent to an activating group) is 1. The summed E-state index contributed by atoms with van der Waals surface area (Å²) in [7, 11) is 7.29. The first-order valence-electron chi connectivity index (χ1n) is 16.3. The number of urea groups is 1. The lowest BCUT2D eigenvalue weighted by molar-refractivity contribution is -0.138. The Morgan fingerprint density at radius 3 is 2.53 bits per heavy atom. The van der Waals surface area contributed by atoms with E-state index in [9.17, 15) is 9.59 Å². The van der Waals surface area contributed by atoms with Crippen LogP contribution < -0.4 is 19.1 Å². The van der Waals surface area contributed by atoms with E-state index in [-0.39, 0.29) is 24.1 Å². The first-order valence-corrected chi connectivity index (χ1v) is 16.3. The van der Waals surface area contributed by atoms with Crippen LogP contribution >= 0.6 is 0 Å². The zero-order valence-corrected chi connectivity index (χ0v) is 27.6. The summed E-state index contributed by atoms with van der Waals surface area (Å²) in [6, 6.07) is 11.6. The summed E-state index contributed by atoms with van der Waals surface area (Å²) in [5, 5.41) is 0. The molecule has 2 heterocycles. The van der Waals surface area contributed by atoms with Crippen molar-refractivity contribution in [2.75, 3.05) is 72.6 Å². The van der Waals surface area contributed by atoms with Gasteiger partial charge in [0.05, 0.1) is 46.5 Å². The molecule has 2 aromatic rings. The van der Waals surface area contributed by atoms with Gasteiger partial charge >= 0.3 is 6.03 Å². The van der Waals surface area contributed by atoms with Gasteiger partial charge in [-0.2, -0.15) is 0 Å². The molecule has 1 saturated carbocycles. The molecule has 2 atom stereocenters. The lowest BCUT2D eigenvalue weighted by Gasteiger charge is -2.40. The van der Waals surface area contributed by atoms with Crippen molar-refractivity contribution in [3.63, 3.8) is 0 Å². The van der Waals surface area contributed by atoms with Gasteiger partial charge in [-0.3, -0.25) is 9.69 Å². The van der Waals surface area contributed by atoms with Gasteiger partial charge in [0.2, 0.25) is 5.91 Å². The zero-order valence-electron chi connectivity index (χ0n) is 27.6. The van der Waals surface area contributed by atoms with Crippen LogP contribution in [0.4, 0.5) is 10.5 Å². The van der Waals surface area contributed by atoms with Crippen LogP contribution in [0.5, 0.6) is 17.2 Å². The second-order valence-electron chi connectivity index (χ2n) is 12.9. The van der Waals surface area contributed by atoms with Crippen LogP contribution in [-0.4, -0.2) is 106 Å². The third-order valence-electron chi connectivity index (χ3n) is 9.06. The third kappa shape index (κ3) is 8.61. The van der Waals surface area contributed by atoms with Gasteiger partial charge in [-0.05, 0) is 70.0 Å². The standard InChI is InChI=1S/C35H50N4O6/c1-25-14-15-38(29-12-13-31(42-4)33(21-29)45-17-6-7-26-8-9-26)35(41)39(25)22-28-11-10-27(19-32(28)43-5)20-34(40)37-16-18-44-30(24-37)23-36(2)3/h10-13,19,21,25-26,30H,6-9,14-18,20,22-24H2,1-5H3/t25-,30?/m0/s1. The maximum atomic E-state index is 13.9. The SMILES string of the molecule is COc1cc(CC(=O)N2CCOC(CN(C)C)C2)ccc1CN1C(=O)N(c2ccc(OC)c(OCCCC3CC3)c2)CC[C@@H]1C. The average molecular weight is 623 g/mol. The molecule has 246 valence electrons. The summed E-state index contributed by atoms with van der Waals surface area (Å²) >= 11 is 0. The van der Waals surface area contributed by atoms with Crippen LogP contribution in [0, 0.1) is 5.92 Å². The zero-order chi connectivity index (χ0) is 31.9. The number of amides is 3. The number of carbonyl (C=O) groups excluding carboxylic acids is 2. The fraction of sp³-hybridized carbons (Fsp3) is 0.600. The van der Waals surface area contributed by atoms with Gasteiger partial charge in [-0.1, -0.05) is 25.0 Å². The van der Waals surface area contributed by atoms with Crippen LogP contribution in [0.15, 0.2) is 36.4 Å². The van der Waals surface area contributed by atoms with Crippen molar-refractivity contribution in [1.29, 1.82) is 0 Å². The fourth-order valence-corrected chi connectivity index (χ4v) is 6.24. The number of nitrogens with zero attached hydrogens (tertiary/aromatic N) is 4. The predicted octanol–water partition coefficient (Wildman–Crippen LogP) is 4.83. The van der Waals surface area contributed by atoms with Crippen LogP contribution in [0.2, 0.25) is 0 Å². The highest BCUT2D eigenvalue weighted by Crippen LogP contribution is 2.36. The van der Waals surface area contributed by atoms with E-state index in [2.05, 4.69) is 11.8 Å². The molecule has 3 amide bonds. The number of hydrogen-bond acceptors (Lipinski definition) is 7. The summed E-state index contributed by atoms with van der Waals surface area (Å²) in [5.41, 5.74) is 2.59. The Morgan fingerprint density at radius 2 is 1.80 bits per heavy atom. The molecule has 0 spiro atoms. The normalized spacial score (nSPS) is 20.5. The molecular weight excluding hydrogens is 572 g/mol. The predicted molar refractivity (Wildman–Crippen MR) is 174 cm³/mol. The van der Waals surface area contributed by atoms with E-state index >= 15 is 0 Å². The molecule has 1 unspecified atom stereocenters. The van der Waals surface area contributed by atoms with E-state index in [0.717, 1.165) is 42.1 Å². The molecule has 0 N–H and O–H groups in total. The van der Waals surface area contributed by atoms with Crippen LogP contribution in [0.1, 0.15) is 50.2 Å². The number of hydrogen-bond donors (Lipinski definition) is 0. The van der Waals surface area contributed by atoms with Crippen molar-refractivity contribution in [2.45, 2.75) is 64.1 Å². The summed E-state index contributed by atoms with van der Waals surface area (Å²) in [4.78, 5) is 34.8. The van der Waals surface area contributed by atoms with E-state index in [1.165, 1.54) is 19.3 Å². The Bertz CT molecular complexity index is 1320. The van der Waals surface area contributed by atoms with Crippen LogP contribution in [0.25, 0.3) is 0 Å². The number of rotatable bonds is 14. The van der Waals surface area contributed by atoms with Gasteiger partial charge in [0, 0.05) is 49.5 Å². The average Bonchev–Trinajstić information content (AvgIpc) is 3.86. The fourth-order valence-electron chi connectivity index (χ4n) is 6.24. The van der Waals surface area contributed by atoms with E-state index in [1.807, 2.05) is 65.2 Å². The highest BCUT2D eigenvalue weighted by Gasteiger charge is 2.33.